The second-order valence-corrected chi connectivity index (χ2v) is 8.56. The molecule has 2 aromatic carbocycles. The number of benzene rings is 2. The number of nitrogens with zero attached hydrogens (tertiary/aromatic N) is 1. The molecule has 30 heavy (non-hydrogen) atoms. The van der Waals surface area contributed by atoms with Crippen molar-refractivity contribution in [3.63, 3.8) is 0 Å². The summed E-state index contributed by atoms with van der Waals surface area (Å²) in [4.78, 5) is 12.1. The number of sulfonamides is 1. The van der Waals surface area contributed by atoms with Gasteiger partial charge in [-0.2, -0.15) is 26.3 Å². The van der Waals surface area contributed by atoms with Gasteiger partial charge in [-0.1, -0.05) is 12.1 Å². The topological polar surface area (TPSA) is 66.5 Å². The third-order valence-electron chi connectivity index (χ3n) is 4.00. The monoisotopic (exact) mass is 454 g/mol. The highest BCUT2D eigenvalue weighted by atomic mass is 32.2. The van der Waals surface area contributed by atoms with E-state index in [9.17, 15) is 39.6 Å². The molecule has 0 aliphatic heterocycles. The Morgan fingerprint density at radius 2 is 1.37 bits per heavy atom. The minimum Gasteiger partial charge on any atom is -0.348 e. The molecule has 0 unspecified atom stereocenters. The zero-order valence-corrected chi connectivity index (χ0v) is 16.4. The van der Waals surface area contributed by atoms with Crippen LogP contribution in [-0.2, 0) is 28.9 Å². The number of halogens is 6. The lowest BCUT2D eigenvalue weighted by Crippen LogP contribution is -2.24. The molecule has 0 radical (unpaired) electrons. The summed E-state index contributed by atoms with van der Waals surface area (Å²) in [6.45, 7) is -0.237. The fraction of sp³-hybridized carbons (Fsp3) is 0.278. The van der Waals surface area contributed by atoms with Crippen LogP contribution in [0.3, 0.4) is 0 Å². The molecule has 1 amide bonds. The van der Waals surface area contributed by atoms with Gasteiger partial charge >= 0.3 is 12.4 Å². The Morgan fingerprint density at radius 1 is 0.900 bits per heavy atom. The van der Waals surface area contributed by atoms with Gasteiger partial charge in [-0.15, -0.1) is 0 Å². The summed E-state index contributed by atoms with van der Waals surface area (Å²) in [6.07, 6.45) is -10.1. The van der Waals surface area contributed by atoms with Crippen molar-refractivity contribution in [3.05, 3.63) is 64.7 Å². The Bertz CT molecular complexity index is 997. The first-order chi connectivity index (χ1) is 13.6. The maximum absolute atomic E-state index is 12.9. The van der Waals surface area contributed by atoms with Crippen molar-refractivity contribution in [3.8, 4) is 0 Å². The van der Waals surface area contributed by atoms with Gasteiger partial charge in [0.05, 0.1) is 16.0 Å². The molecule has 0 aliphatic carbocycles. The van der Waals surface area contributed by atoms with Gasteiger partial charge in [0.15, 0.2) is 0 Å². The Hall–Kier alpha value is -2.60. The number of alkyl halides is 6. The van der Waals surface area contributed by atoms with E-state index in [2.05, 4.69) is 5.32 Å². The quantitative estimate of drug-likeness (QED) is 0.697. The first-order valence-electron chi connectivity index (χ1n) is 8.21. The smallest absolute Gasteiger partial charge is 0.348 e. The molecule has 12 heteroatoms. The molecule has 164 valence electrons. The molecule has 0 aliphatic rings. The molecule has 2 rings (SSSR count). The maximum Gasteiger partial charge on any atom is 0.416 e. The Morgan fingerprint density at radius 3 is 1.77 bits per heavy atom. The highest BCUT2D eigenvalue weighted by molar-refractivity contribution is 7.89. The predicted molar refractivity (Wildman–Crippen MR) is 94.9 cm³/mol. The molecule has 0 spiro atoms. The number of hydrogen-bond acceptors (Lipinski definition) is 3. The molecule has 0 atom stereocenters. The average molecular weight is 454 g/mol. The van der Waals surface area contributed by atoms with E-state index in [0.717, 1.165) is 4.31 Å². The van der Waals surface area contributed by atoms with Gasteiger partial charge in [-0.3, -0.25) is 4.79 Å². The van der Waals surface area contributed by atoms with Crippen LogP contribution in [0.25, 0.3) is 0 Å². The zero-order chi connectivity index (χ0) is 22.9. The average Bonchev–Trinajstić information content (AvgIpc) is 2.64. The largest absolute Gasteiger partial charge is 0.416 e. The summed E-state index contributed by atoms with van der Waals surface area (Å²) in [7, 11) is -0.991. The van der Waals surface area contributed by atoms with Crippen LogP contribution in [0.5, 0.6) is 0 Å². The lowest BCUT2D eigenvalue weighted by molar-refractivity contribution is -0.143. The number of hydrogen-bond donors (Lipinski definition) is 1. The second kappa shape index (κ2) is 8.26. The van der Waals surface area contributed by atoms with Crippen molar-refractivity contribution in [1.82, 2.24) is 9.62 Å². The maximum atomic E-state index is 12.9. The molecule has 0 saturated carbocycles. The van der Waals surface area contributed by atoms with Crippen molar-refractivity contribution in [2.24, 2.45) is 0 Å². The fourth-order valence-corrected chi connectivity index (χ4v) is 3.26. The summed E-state index contributed by atoms with van der Waals surface area (Å²) in [6, 6.07) is 5.86. The van der Waals surface area contributed by atoms with Crippen LogP contribution in [0.15, 0.2) is 47.4 Å². The highest BCUT2D eigenvalue weighted by Gasteiger charge is 2.37. The summed E-state index contributed by atoms with van der Waals surface area (Å²) >= 11 is 0. The predicted octanol–water partition coefficient (Wildman–Crippen LogP) is 3.90. The first kappa shape index (κ1) is 23.7. The number of amides is 1. The van der Waals surface area contributed by atoms with E-state index in [0.29, 0.717) is 17.7 Å². The van der Waals surface area contributed by atoms with Gasteiger partial charge in [0.1, 0.15) is 0 Å². The molecule has 0 heterocycles. The highest BCUT2D eigenvalue weighted by Crippen LogP contribution is 2.36. The molecule has 0 aromatic heterocycles. The van der Waals surface area contributed by atoms with Crippen molar-refractivity contribution < 1.29 is 39.6 Å². The van der Waals surface area contributed by atoms with Crippen LogP contribution in [0.1, 0.15) is 27.0 Å². The van der Waals surface area contributed by atoms with Crippen LogP contribution in [0.2, 0.25) is 0 Å². The van der Waals surface area contributed by atoms with Crippen LogP contribution < -0.4 is 5.32 Å². The van der Waals surface area contributed by atoms with Gasteiger partial charge in [-0.25, -0.2) is 12.7 Å². The van der Waals surface area contributed by atoms with Crippen LogP contribution in [0.4, 0.5) is 26.3 Å². The summed E-state index contributed by atoms with van der Waals surface area (Å²) in [5.41, 5.74) is -3.60. The molecule has 0 saturated heterocycles. The third kappa shape index (κ3) is 5.51. The summed E-state index contributed by atoms with van der Waals surface area (Å²) in [5, 5.41) is 2.22. The van der Waals surface area contributed by atoms with Crippen molar-refractivity contribution in [2.45, 2.75) is 23.8 Å². The van der Waals surface area contributed by atoms with Crippen LogP contribution in [-0.4, -0.2) is 32.7 Å². The SMILES string of the molecule is CN(C)S(=O)(=O)c1ccc(CNC(=O)c2cc(C(F)(F)F)cc(C(F)(F)F)c2)cc1. The van der Waals surface area contributed by atoms with Gasteiger partial charge in [0.2, 0.25) is 10.0 Å². The minimum atomic E-state index is -5.07. The van der Waals surface area contributed by atoms with Crippen molar-refractivity contribution >= 4 is 15.9 Å². The first-order valence-corrected chi connectivity index (χ1v) is 9.65. The third-order valence-corrected chi connectivity index (χ3v) is 5.83. The standard InChI is InChI=1S/C18H16F6N2O3S/c1-26(2)30(28,29)15-5-3-11(4-6-15)10-25-16(27)12-7-13(17(19,20)21)9-14(8-12)18(22,23)24/h3-9H,10H2,1-2H3,(H,25,27). The lowest BCUT2D eigenvalue weighted by atomic mass is 10.0. The van der Waals surface area contributed by atoms with E-state index in [4.69, 9.17) is 0 Å². The summed E-state index contributed by atoms with van der Waals surface area (Å²) < 4.78 is 102. The van der Waals surface area contributed by atoms with Gasteiger partial charge in [-0.05, 0) is 35.9 Å². The number of rotatable bonds is 5. The molecular weight excluding hydrogens is 438 g/mol. The molecular formula is C18H16F6N2O3S. The van der Waals surface area contributed by atoms with E-state index in [1.54, 1.807) is 0 Å². The zero-order valence-electron chi connectivity index (χ0n) is 15.6. The molecule has 0 bridgehead atoms. The van der Waals surface area contributed by atoms with E-state index in [1.165, 1.54) is 38.4 Å². The Balaban J connectivity index is 2.22. The molecule has 2 aromatic rings. The van der Waals surface area contributed by atoms with E-state index in [-0.39, 0.29) is 17.5 Å². The van der Waals surface area contributed by atoms with Gasteiger partial charge in [0.25, 0.3) is 5.91 Å². The molecule has 0 fully saturated rings. The number of carbonyl (C=O) groups excluding carboxylic acids is 1. The fourth-order valence-electron chi connectivity index (χ4n) is 2.36. The number of nitrogens with one attached hydrogen (secondary N) is 1. The number of carbonyl (C=O) groups is 1. The van der Waals surface area contributed by atoms with E-state index in [1.807, 2.05) is 0 Å². The van der Waals surface area contributed by atoms with Gasteiger partial charge in [0, 0.05) is 26.2 Å². The minimum absolute atomic E-state index is 0.0183. The van der Waals surface area contributed by atoms with Gasteiger partial charge < -0.3 is 5.32 Å². The van der Waals surface area contributed by atoms with E-state index < -0.39 is 45.0 Å². The Labute approximate surface area is 168 Å². The summed E-state index contributed by atoms with van der Waals surface area (Å²) in [5.74, 6) is -1.14. The normalized spacial score (nSPS) is 12.8. The second-order valence-electron chi connectivity index (χ2n) is 6.41. The van der Waals surface area contributed by atoms with Crippen molar-refractivity contribution in [2.75, 3.05) is 14.1 Å². The van der Waals surface area contributed by atoms with Crippen molar-refractivity contribution in [1.29, 1.82) is 0 Å². The molecule has 5 nitrogen and oxygen atoms in total. The Kier molecular flexibility index (Phi) is 6.52. The van der Waals surface area contributed by atoms with Crippen LogP contribution in [0, 0.1) is 0 Å². The molecule has 1 N–H and O–H groups in total. The van der Waals surface area contributed by atoms with E-state index >= 15 is 0 Å². The lowest BCUT2D eigenvalue weighted by Gasteiger charge is -2.14. The van der Waals surface area contributed by atoms with Crippen LogP contribution >= 0.6 is 0 Å².